The van der Waals surface area contributed by atoms with Crippen molar-refractivity contribution >= 4 is 40.0 Å². The molecule has 6 rings (SSSR count). The number of ether oxygens (including phenoxy) is 2. The number of aryl methyl sites for hydroxylation is 1. The van der Waals surface area contributed by atoms with Crippen LogP contribution in [0.2, 0.25) is 0 Å². The van der Waals surface area contributed by atoms with E-state index >= 15 is 0 Å². The van der Waals surface area contributed by atoms with E-state index in [-0.39, 0.29) is 17.6 Å². The van der Waals surface area contributed by atoms with Crippen LogP contribution in [0.4, 0.5) is 0 Å². The van der Waals surface area contributed by atoms with E-state index in [0.717, 1.165) is 62.1 Å². The van der Waals surface area contributed by atoms with Gasteiger partial charge in [-0.2, -0.15) is 0 Å². The third-order valence-electron chi connectivity index (χ3n) is 7.65. The van der Waals surface area contributed by atoms with E-state index in [0.29, 0.717) is 6.61 Å². The number of carbonyl (C=O) groups is 1. The monoisotopic (exact) mass is 612 g/mol. The molecule has 0 atom stereocenters. The van der Waals surface area contributed by atoms with Crippen molar-refractivity contribution in [1.82, 2.24) is 9.55 Å². The summed E-state index contributed by atoms with van der Waals surface area (Å²) in [6.07, 6.45) is 5.73. The summed E-state index contributed by atoms with van der Waals surface area (Å²) in [7, 11) is 1.71. The fourth-order valence-electron chi connectivity index (χ4n) is 5.44. The summed E-state index contributed by atoms with van der Waals surface area (Å²) < 4.78 is 12.8. The molecule has 7 nitrogen and oxygen atoms in total. The minimum Gasteiger partial charge on any atom is -0.493 e. The first-order valence-electron chi connectivity index (χ1n) is 14.6. The lowest BCUT2D eigenvalue weighted by atomic mass is 9.88. The van der Waals surface area contributed by atoms with Crippen molar-refractivity contribution in [2.24, 2.45) is 0 Å². The number of aromatic nitrogens is 2. The van der Waals surface area contributed by atoms with E-state index in [4.69, 9.17) is 24.4 Å². The second-order valence-electron chi connectivity index (χ2n) is 11.4. The lowest BCUT2D eigenvalue weighted by Gasteiger charge is -2.22. The summed E-state index contributed by atoms with van der Waals surface area (Å²) in [5.41, 5.74) is 8.73. The zero-order valence-corrected chi connectivity index (χ0v) is 27.2. The van der Waals surface area contributed by atoms with E-state index in [9.17, 15) is 4.79 Å². The number of carboxylic acid groups (broad SMARTS) is 1. The van der Waals surface area contributed by atoms with Crippen molar-refractivity contribution in [3.8, 4) is 22.6 Å². The molecule has 0 unspecified atom stereocenters. The number of hydrogen-bond donors (Lipinski definition) is 1. The number of rotatable bonds is 4. The summed E-state index contributed by atoms with van der Waals surface area (Å²) in [5, 5.41) is 9.05. The number of pyridine rings is 2. The molecule has 44 heavy (non-hydrogen) atoms. The second-order valence-corrected chi connectivity index (χ2v) is 12.2. The van der Waals surface area contributed by atoms with Crippen molar-refractivity contribution in [1.29, 1.82) is 0 Å². The zero-order chi connectivity index (χ0) is 32.0. The summed E-state index contributed by atoms with van der Waals surface area (Å²) in [6, 6.07) is 20.3. The van der Waals surface area contributed by atoms with Gasteiger partial charge in [0.2, 0.25) is 0 Å². The van der Waals surface area contributed by atoms with Gasteiger partial charge in [-0.25, -0.2) is 0 Å². The Kier molecular flexibility index (Phi) is 10.5. The van der Waals surface area contributed by atoms with Crippen LogP contribution in [0.3, 0.4) is 0 Å². The number of nitrogens with zero attached hydrogens (tertiary/aromatic N) is 2. The highest BCUT2D eigenvalue weighted by Crippen LogP contribution is 2.42. The highest BCUT2D eigenvalue weighted by atomic mass is 32.2. The topological polar surface area (TPSA) is 90.7 Å². The zero-order valence-electron chi connectivity index (χ0n) is 26.4. The molecule has 0 amide bonds. The van der Waals surface area contributed by atoms with Crippen molar-refractivity contribution in [3.63, 3.8) is 0 Å². The van der Waals surface area contributed by atoms with Gasteiger partial charge < -0.3 is 14.6 Å². The molecule has 0 saturated carbocycles. The highest BCUT2D eigenvalue weighted by molar-refractivity contribution is 7.98. The van der Waals surface area contributed by atoms with Gasteiger partial charge in [-0.05, 0) is 111 Å². The Morgan fingerprint density at radius 2 is 1.84 bits per heavy atom. The maximum atomic E-state index is 13.2. The summed E-state index contributed by atoms with van der Waals surface area (Å²) >= 11 is 1.67. The highest BCUT2D eigenvalue weighted by Gasteiger charge is 2.22. The van der Waals surface area contributed by atoms with Gasteiger partial charge in [0, 0.05) is 47.0 Å². The second kappa shape index (κ2) is 14.1. The SMILES string of the molecule is CCc1c(C)cc2c(ccc(=O)n2-c2cccc(SC)c2)c1-c1ccc2c3c(ccnc13)CCO2.COC(C)(C)C.O=CO. The van der Waals surface area contributed by atoms with Crippen LogP contribution in [0.1, 0.15) is 44.4 Å². The predicted molar refractivity (Wildman–Crippen MR) is 181 cm³/mol. The number of hydrogen-bond acceptors (Lipinski definition) is 6. The standard InChI is InChI=1S/C30H26N2O2S.C5H12O.CH2O2/c1-4-22-18(2)16-25-23(9-11-27(33)32(25)20-6-5-7-21(17-20)35-3)29(22)24-8-10-26-28-19(13-15-34-26)12-14-31-30(24)28;1-5(2,3)6-4;2-1-3/h5-12,14,16-17H,4,13,15H2,1-3H3;1-4H3;1H,(H,2,3). The average Bonchev–Trinajstić information content (AvgIpc) is 3.01. The molecule has 0 bridgehead atoms. The van der Waals surface area contributed by atoms with Crippen LogP contribution < -0.4 is 10.3 Å². The van der Waals surface area contributed by atoms with Gasteiger partial charge in [0.15, 0.2) is 0 Å². The normalized spacial score (nSPS) is 12.1. The lowest BCUT2D eigenvalue weighted by molar-refractivity contribution is -0.122. The van der Waals surface area contributed by atoms with E-state index < -0.39 is 0 Å². The Morgan fingerprint density at radius 1 is 1.11 bits per heavy atom. The van der Waals surface area contributed by atoms with E-state index in [2.05, 4.69) is 56.5 Å². The number of benzene rings is 3. The molecule has 1 N–H and O–H groups in total. The average molecular weight is 613 g/mol. The molecule has 8 heteroatoms. The van der Waals surface area contributed by atoms with Crippen LogP contribution >= 0.6 is 11.8 Å². The van der Waals surface area contributed by atoms with Crippen LogP contribution in [0.15, 0.2) is 76.6 Å². The molecule has 0 fully saturated rings. The number of thioether (sulfide) groups is 1. The van der Waals surface area contributed by atoms with Gasteiger partial charge in [-0.15, -0.1) is 11.8 Å². The molecule has 3 aromatic carbocycles. The Hall–Kier alpha value is -4.14. The number of fused-ring (bicyclic) bond motifs is 1. The molecule has 2 aromatic heterocycles. The van der Waals surface area contributed by atoms with Gasteiger partial charge in [-0.1, -0.05) is 13.0 Å². The van der Waals surface area contributed by atoms with Crippen molar-refractivity contribution in [3.05, 3.63) is 93.9 Å². The Bertz CT molecular complexity index is 1850. The Labute approximate surface area is 262 Å². The first-order valence-corrected chi connectivity index (χ1v) is 15.8. The van der Waals surface area contributed by atoms with E-state index in [1.165, 1.54) is 16.7 Å². The Balaban J connectivity index is 0.000000435. The molecular formula is C36H40N2O5S. The fourth-order valence-corrected chi connectivity index (χ4v) is 5.90. The minimum absolute atomic E-state index is 0.0335. The molecule has 3 heterocycles. The molecule has 1 aliphatic heterocycles. The molecule has 0 saturated heterocycles. The van der Waals surface area contributed by atoms with E-state index in [1.807, 2.05) is 49.7 Å². The number of methoxy groups -OCH3 is 1. The molecule has 1 aliphatic rings. The maximum Gasteiger partial charge on any atom is 0.290 e. The molecule has 0 aliphatic carbocycles. The van der Waals surface area contributed by atoms with Crippen LogP contribution in [0.5, 0.6) is 5.75 Å². The van der Waals surface area contributed by atoms with Crippen molar-refractivity contribution < 1.29 is 19.4 Å². The molecule has 5 aromatic rings. The molecule has 0 radical (unpaired) electrons. The quantitative estimate of drug-likeness (QED) is 0.163. The molecule has 230 valence electrons. The van der Waals surface area contributed by atoms with Gasteiger partial charge in [-0.3, -0.25) is 19.1 Å². The van der Waals surface area contributed by atoms with Gasteiger partial charge in [0.05, 0.1) is 28.9 Å². The van der Waals surface area contributed by atoms with Crippen LogP contribution in [-0.2, 0) is 22.4 Å². The van der Waals surface area contributed by atoms with Crippen LogP contribution in [0, 0.1) is 6.92 Å². The molecule has 0 spiro atoms. The smallest absolute Gasteiger partial charge is 0.290 e. The van der Waals surface area contributed by atoms with Crippen molar-refractivity contribution in [2.45, 2.75) is 58.0 Å². The van der Waals surface area contributed by atoms with Gasteiger partial charge >= 0.3 is 0 Å². The third-order valence-corrected chi connectivity index (χ3v) is 8.37. The maximum absolute atomic E-state index is 13.2. The summed E-state index contributed by atoms with van der Waals surface area (Å²) in [6.45, 7) is 10.8. The van der Waals surface area contributed by atoms with Crippen LogP contribution in [0.25, 0.3) is 38.6 Å². The largest absolute Gasteiger partial charge is 0.493 e. The summed E-state index contributed by atoms with van der Waals surface area (Å²) in [5.74, 6) is 0.902. The van der Waals surface area contributed by atoms with E-state index in [1.54, 1.807) is 24.9 Å². The van der Waals surface area contributed by atoms with Gasteiger partial charge in [0.1, 0.15) is 5.75 Å². The fraction of sp³-hybridized carbons (Fsp3) is 0.306. The first kappa shape index (κ1) is 32.8. The summed E-state index contributed by atoms with van der Waals surface area (Å²) in [4.78, 5) is 27.6. The van der Waals surface area contributed by atoms with Gasteiger partial charge in [0.25, 0.3) is 12.0 Å². The lowest BCUT2D eigenvalue weighted by Crippen LogP contribution is -2.18. The predicted octanol–water partition coefficient (Wildman–Crippen LogP) is 7.87. The molecular weight excluding hydrogens is 572 g/mol. The van der Waals surface area contributed by atoms with Crippen molar-refractivity contribution in [2.75, 3.05) is 20.0 Å². The minimum atomic E-state index is -0.250. The Morgan fingerprint density at radius 3 is 2.50 bits per heavy atom. The van der Waals surface area contributed by atoms with Crippen LogP contribution in [-0.4, -0.2) is 46.7 Å². The third kappa shape index (κ3) is 6.82. The first-order chi connectivity index (χ1) is 21.1.